The first-order valence-electron chi connectivity index (χ1n) is 6.31. The summed E-state index contributed by atoms with van der Waals surface area (Å²) in [6, 6.07) is 11.1. The van der Waals surface area contributed by atoms with Crippen molar-refractivity contribution >= 4 is 40.7 Å². The van der Waals surface area contributed by atoms with Gasteiger partial charge in [0.05, 0.1) is 9.96 Å². The van der Waals surface area contributed by atoms with Crippen molar-refractivity contribution < 1.29 is 14.7 Å². The molecule has 1 N–H and O–H groups in total. The summed E-state index contributed by atoms with van der Waals surface area (Å²) in [5.74, 6) is -1.01. The number of hydrogen-bond acceptors (Lipinski definition) is 4. The van der Waals surface area contributed by atoms with Crippen LogP contribution >= 0.6 is 23.1 Å². The van der Waals surface area contributed by atoms with Gasteiger partial charge in [0, 0.05) is 5.69 Å². The van der Waals surface area contributed by atoms with Crippen LogP contribution in [0.5, 0.6) is 0 Å². The minimum absolute atomic E-state index is 0.209. The molecule has 0 atom stereocenters. The minimum atomic E-state index is -1.02. The van der Waals surface area contributed by atoms with Crippen molar-refractivity contribution in [1.29, 1.82) is 0 Å². The molecular weight excluding hydrogens is 306 g/mol. The van der Waals surface area contributed by atoms with Gasteiger partial charge in [0.1, 0.15) is 6.54 Å². The molecule has 0 radical (unpaired) electrons. The van der Waals surface area contributed by atoms with Gasteiger partial charge >= 0.3 is 5.97 Å². The normalized spacial score (nSPS) is 10.3. The summed E-state index contributed by atoms with van der Waals surface area (Å²) < 4.78 is 1.04. The largest absolute Gasteiger partial charge is 0.480 e. The zero-order chi connectivity index (χ0) is 15.2. The molecule has 110 valence electrons. The Hall–Kier alpha value is -1.79. The SMILES string of the molecule is Cc1ccc(N(CC(=O)O)C(=O)CSc2cccs2)cc1. The molecule has 0 aliphatic heterocycles. The van der Waals surface area contributed by atoms with Crippen molar-refractivity contribution in [2.75, 3.05) is 17.2 Å². The Balaban J connectivity index is 2.09. The smallest absolute Gasteiger partial charge is 0.323 e. The summed E-state index contributed by atoms with van der Waals surface area (Å²) in [4.78, 5) is 24.6. The first-order valence-corrected chi connectivity index (χ1v) is 8.18. The number of carboxylic acids is 1. The van der Waals surface area contributed by atoms with Gasteiger partial charge in [-0.05, 0) is 30.5 Å². The number of amides is 1. The fraction of sp³-hybridized carbons (Fsp3) is 0.200. The fourth-order valence-electron chi connectivity index (χ4n) is 1.74. The van der Waals surface area contributed by atoms with E-state index in [1.165, 1.54) is 16.7 Å². The van der Waals surface area contributed by atoms with E-state index in [2.05, 4.69) is 0 Å². The quantitative estimate of drug-likeness (QED) is 0.830. The summed E-state index contributed by atoms with van der Waals surface area (Å²) in [5.41, 5.74) is 1.68. The Morgan fingerprint density at radius 3 is 2.52 bits per heavy atom. The molecule has 2 aromatic rings. The molecule has 0 aliphatic carbocycles. The van der Waals surface area contributed by atoms with E-state index >= 15 is 0 Å². The predicted molar refractivity (Wildman–Crippen MR) is 86.2 cm³/mol. The van der Waals surface area contributed by atoms with Crippen molar-refractivity contribution in [1.82, 2.24) is 0 Å². The molecule has 4 nitrogen and oxygen atoms in total. The molecule has 1 amide bonds. The number of nitrogens with zero attached hydrogens (tertiary/aromatic N) is 1. The Labute approximate surface area is 131 Å². The van der Waals surface area contributed by atoms with Crippen molar-refractivity contribution in [3.63, 3.8) is 0 Å². The maximum atomic E-state index is 12.3. The summed E-state index contributed by atoms with van der Waals surface area (Å²) >= 11 is 2.99. The highest BCUT2D eigenvalue weighted by atomic mass is 32.2. The van der Waals surface area contributed by atoms with E-state index in [9.17, 15) is 9.59 Å². The van der Waals surface area contributed by atoms with Gasteiger partial charge < -0.3 is 10.0 Å². The lowest BCUT2D eigenvalue weighted by molar-refractivity contribution is -0.136. The Morgan fingerprint density at radius 2 is 1.95 bits per heavy atom. The van der Waals surface area contributed by atoms with Crippen molar-refractivity contribution in [2.24, 2.45) is 0 Å². The average molecular weight is 321 g/mol. The van der Waals surface area contributed by atoms with E-state index in [4.69, 9.17) is 5.11 Å². The Bertz CT molecular complexity index is 608. The van der Waals surface area contributed by atoms with Crippen LogP contribution in [-0.4, -0.2) is 29.3 Å². The van der Waals surface area contributed by atoms with E-state index in [0.717, 1.165) is 9.77 Å². The van der Waals surface area contributed by atoms with Crippen molar-refractivity contribution in [3.8, 4) is 0 Å². The number of aliphatic carboxylic acids is 1. The molecule has 0 unspecified atom stereocenters. The van der Waals surface area contributed by atoms with Gasteiger partial charge in [-0.2, -0.15) is 0 Å². The second kappa shape index (κ2) is 7.28. The summed E-state index contributed by atoms with van der Waals surface area (Å²) in [7, 11) is 0. The lowest BCUT2D eigenvalue weighted by Gasteiger charge is -2.20. The molecule has 2 rings (SSSR count). The molecule has 1 heterocycles. The number of aryl methyl sites for hydroxylation is 1. The number of thioether (sulfide) groups is 1. The summed E-state index contributed by atoms with van der Waals surface area (Å²) in [6.07, 6.45) is 0. The van der Waals surface area contributed by atoms with Crippen LogP contribution in [-0.2, 0) is 9.59 Å². The van der Waals surface area contributed by atoms with E-state index in [-0.39, 0.29) is 18.2 Å². The molecule has 0 spiro atoms. The van der Waals surface area contributed by atoms with Crippen LogP contribution in [0.3, 0.4) is 0 Å². The maximum Gasteiger partial charge on any atom is 0.323 e. The molecule has 0 saturated heterocycles. The third kappa shape index (κ3) is 4.61. The van der Waals surface area contributed by atoms with Crippen LogP contribution in [0.2, 0.25) is 0 Å². The average Bonchev–Trinajstić information content (AvgIpc) is 2.96. The third-order valence-corrected chi connectivity index (χ3v) is 4.89. The molecule has 1 aromatic heterocycles. The summed E-state index contributed by atoms with van der Waals surface area (Å²) in [5, 5.41) is 10.9. The lowest BCUT2D eigenvalue weighted by Crippen LogP contribution is -2.36. The minimum Gasteiger partial charge on any atom is -0.480 e. The van der Waals surface area contributed by atoms with Gasteiger partial charge in [0.15, 0.2) is 0 Å². The van der Waals surface area contributed by atoms with Gasteiger partial charge in [0.25, 0.3) is 0 Å². The first-order chi connectivity index (χ1) is 10.1. The number of carbonyl (C=O) groups excluding carboxylic acids is 1. The molecule has 0 saturated carbocycles. The highest BCUT2D eigenvalue weighted by Crippen LogP contribution is 2.24. The first kappa shape index (κ1) is 15.6. The number of carbonyl (C=O) groups is 2. The fourth-order valence-corrected chi connectivity index (χ4v) is 3.40. The van der Waals surface area contributed by atoms with E-state index in [1.807, 2.05) is 36.6 Å². The molecular formula is C15H15NO3S2. The second-order valence-electron chi connectivity index (χ2n) is 4.43. The highest BCUT2D eigenvalue weighted by Gasteiger charge is 2.19. The third-order valence-electron chi connectivity index (χ3n) is 2.77. The molecule has 6 heteroatoms. The summed E-state index contributed by atoms with van der Waals surface area (Å²) in [6.45, 7) is 1.62. The van der Waals surface area contributed by atoms with Crippen LogP contribution in [0, 0.1) is 6.92 Å². The van der Waals surface area contributed by atoms with Crippen LogP contribution < -0.4 is 4.90 Å². The number of benzene rings is 1. The van der Waals surface area contributed by atoms with Crippen molar-refractivity contribution in [3.05, 3.63) is 47.3 Å². The van der Waals surface area contributed by atoms with E-state index < -0.39 is 5.97 Å². The maximum absolute atomic E-state index is 12.3. The molecule has 21 heavy (non-hydrogen) atoms. The van der Waals surface area contributed by atoms with Crippen LogP contribution in [0.25, 0.3) is 0 Å². The molecule has 0 aliphatic rings. The monoisotopic (exact) mass is 321 g/mol. The standard InChI is InChI=1S/C15H15NO3S2/c1-11-4-6-12(7-5-11)16(9-14(18)19)13(17)10-21-15-3-2-8-20-15/h2-8H,9-10H2,1H3,(H,18,19). The second-order valence-corrected chi connectivity index (χ2v) is 6.65. The van der Waals surface area contributed by atoms with Crippen molar-refractivity contribution in [2.45, 2.75) is 11.1 Å². The Morgan fingerprint density at radius 1 is 1.24 bits per heavy atom. The van der Waals surface area contributed by atoms with Gasteiger partial charge in [-0.1, -0.05) is 23.8 Å². The molecule has 0 fully saturated rings. The zero-order valence-electron chi connectivity index (χ0n) is 11.5. The number of carboxylic acid groups (broad SMARTS) is 1. The lowest BCUT2D eigenvalue weighted by atomic mass is 10.2. The number of thiophene rings is 1. The highest BCUT2D eigenvalue weighted by molar-refractivity contribution is 8.01. The van der Waals surface area contributed by atoms with E-state index in [0.29, 0.717) is 5.69 Å². The van der Waals surface area contributed by atoms with Crippen LogP contribution in [0.4, 0.5) is 5.69 Å². The van der Waals surface area contributed by atoms with Crippen LogP contribution in [0.1, 0.15) is 5.56 Å². The van der Waals surface area contributed by atoms with E-state index in [1.54, 1.807) is 23.5 Å². The molecule has 1 aromatic carbocycles. The van der Waals surface area contributed by atoms with Crippen LogP contribution in [0.15, 0.2) is 46.0 Å². The van der Waals surface area contributed by atoms with Gasteiger partial charge in [-0.25, -0.2) is 0 Å². The van der Waals surface area contributed by atoms with Gasteiger partial charge in [-0.3, -0.25) is 9.59 Å². The number of rotatable bonds is 6. The van der Waals surface area contributed by atoms with Gasteiger partial charge in [-0.15, -0.1) is 23.1 Å². The number of anilines is 1. The Kier molecular flexibility index (Phi) is 5.41. The zero-order valence-corrected chi connectivity index (χ0v) is 13.1. The van der Waals surface area contributed by atoms with Gasteiger partial charge in [0.2, 0.25) is 5.91 Å². The number of hydrogen-bond donors (Lipinski definition) is 1. The molecule has 0 bridgehead atoms. The predicted octanol–water partition coefficient (Wildman–Crippen LogP) is 3.27. The topological polar surface area (TPSA) is 57.6 Å².